The van der Waals surface area contributed by atoms with Gasteiger partial charge in [-0.1, -0.05) is 30.3 Å². The predicted octanol–water partition coefficient (Wildman–Crippen LogP) is 5.32. The van der Waals surface area contributed by atoms with E-state index in [4.69, 9.17) is 14.7 Å². The molecule has 0 aliphatic rings. The van der Waals surface area contributed by atoms with E-state index >= 15 is 0 Å². The lowest BCUT2D eigenvalue weighted by Gasteiger charge is -2.12. The number of benzene rings is 2. The number of nitriles is 1. The number of hydrogen-bond donors (Lipinski definition) is 1. The molecule has 0 atom stereocenters. The van der Waals surface area contributed by atoms with E-state index in [2.05, 4.69) is 31.4 Å². The lowest BCUT2D eigenvalue weighted by Crippen LogP contribution is -2.01. The minimum Gasteiger partial charge on any atom is -0.490 e. The summed E-state index contributed by atoms with van der Waals surface area (Å²) in [4.78, 5) is 4.53. The normalized spacial score (nSPS) is 10.6. The van der Waals surface area contributed by atoms with Gasteiger partial charge in [0, 0.05) is 10.9 Å². The summed E-state index contributed by atoms with van der Waals surface area (Å²) in [6.07, 6.45) is 1.67. The molecule has 2 aromatic carbocycles. The van der Waals surface area contributed by atoms with E-state index in [-0.39, 0.29) is 6.61 Å². The molecule has 0 bridgehead atoms. The molecule has 28 heavy (non-hydrogen) atoms. The minimum atomic E-state index is -0.0541. The number of halogens is 1. The second-order valence-electron chi connectivity index (χ2n) is 5.48. The lowest BCUT2D eigenvalue weighted by molar-refractivity contribution is 0.297. The third-order valence-corrected chi connectivity index (χ3v) is 4.90. The van der Waals surface area contributed by atoms with Crippen molar-refractivity contribution < 1.29 is 9.47 Å². The van der Waals surface area contributed by atoms with Gasteiger partial charge >= 0.3 is 0 Å². The Bertz CT molecular complexity index is 999. The van der Waals surface area contributed by atoms with Crippen LogP contribution in [0.15, 0.2) is 57.4 Å². The summed E-state index contributed by atoms with van der Waals surface area (Å²) < 4.78 is 11.7. The molecular weight excluding hydrogens is 440 g/mol. The molecule has 0 aliphatic heterocycles. The molecule has 3 rings (SSSR count). The van der Waals surface area contributed by atoms with Gasteiger partial charge in [0.25, 0.3) is 0 Å². The van der Waals surface area contributed by atoms with Crippen LogP contribution >= 0.6 is 27.3 Å². The van der Waals surface area contributed by atoms with Gasteiger partial charge in [0.2, 0.25) is 5.13 Å². The van der Waals surface area contributed by atoms with Gasteiger partial charge in [0.1, 0.15) is 6.07 Å². The van der Waals surface area contributed by atoms with Gasteiger partial charge in [0.15, 0.2) is 18.1 Å². The molecule has 0 unspecified atom stereocenters. The Hall–Kier alpha value is -2.89. The molecule has 8 heteroatoms. The number of anilines is 1. The first-order valence-electron chi connectivity index (χ1n) is 8.47. The van der Waals surface area contributed by atoms with Gasteiger partial charge in [-0.25, -0.2) is 4.98 Å². The third-order valence-electron chi connectivity index (χ3n) is 3.56. The van der Waals surface area contributed by atoms with Gasteiger partial charge in [-0.05, 0) is 40.5 Å². The number of ether oxygens (including phenoxy) is 2. The highest BCUT2D eigenvalue weighted by Crippen LogP contribution is 2.36. The van der Waals surface area contributed by atoms with Crippen LogP contribution in [0.4, 0.5) is 5.13 Å². The molecule has 1 aromatic heterocycles. The van der Waals surface area contributed by atoms with Crippen LogP contribution in [-0.4, -0.2) is 24.4 Å². The van der Waals surface area contributed by atoms with Crippen LogP contribution in [0.3, 0.4) is 0 Å². The van der Waals surface area contributed by atoms with Crippen LogP contribution in [0.5, 0.6) is 11.5 Å². The SMILES string of the molecule is CCOc1cc(C=NNc2nc(-c3ccccc3)cs2)cc(Br)c1OCC#N. The topological polar surface area (TPSA) is 79.5 Å². The van der Waals surface area contributed by atoms with Crippen molar-refractivity contribution in [3.63, 3.8) is 0 Å². The Morgan fingerprint density at radius 2 is 2.11 bits per heavy atom. The second kappa shape index (κ2) is 9.88. The molecule has 142 valence electrons. The van der Waals surface area contributed by atoms with Crippen molar-refractivity contribution in [2.24, 2.45) is 5.10 Å². The maximum Gasteiger partial charge on any atom is 0.203 e. The van der Waals surface area contributed by atoms with Crippen LogP contribution < -0.4 is 14.9 Å². The summed E-state index contributed by atoms with van der Waals surface area (Å²) >= 11 is 4.94. The van der Waals surface area contributed by atoms with Gasteiger partial charge < -0.3 is 9.47 Å². The highest BCUT2D eigenvalue weighted by molar-refractivity contribution is 9.10. The maximum atomic E-state index is 8.73. The maximum absolute atomic E-state index is 8.73. The quantitative estimate of drug-likeness (QED) is 0.366. The predicted molar refractivity (Wildman–Crippen MR) is 115 cm³/mol. The zero-order chi connectivity index (χ0) is 19.8. The molecule has 0 radical (unpaired) electrons. The fraction of sp³-hybridized carbons (Fsp3) is 0.150. The average molecular weight is 457 g/mol. The van der Waals surface area contributed by atoms with Gasteiger partial charge in [0.05, 0.1) is 23.0 Å². The Balaban J connectivity index is 1.72. The summed E-state index contributed by atoms with van der Waals surface area (Å²) in [6, 6.07) is 15.6. The largest absolute Gasteiger partial charge is 0.490 e. The summed E-state index contributed by atoms with van der Waals surface area (Å²) in [5.74, 6) is 1.05. The van der Waals surface area contributed by atoms with Crippen molar-refractivity contribution in [3.05, 3.63) is 57.9 Å². The van der Waals surface area contributed by atoms with Crippen molar-refractivity contribution in [3.8, 4) is 28.8 Å². The molecule has 1 N–H and O–H groups in total. The van der Waals surface area contributed by atoms with Crippen LogP contribution in [0.1, 0.15) is 12.5 Å². The molecule has 0 fully saturated rings. The van der Waals surface area contributed by atoms with Crippen LogP contribution in [0, 0.1) is 11.3 Å². The lowest BCUT2D eigenvalue weighted by atomic mass is 10.2. The molecule has 0 saturated heterocycles. The number of nitrogens with one attached hydrogen (secondary N) is 1. The highest BCUT2D eigenvalue weighted by Gasteiger charge is 2.12. The molecule has 6 nitrogen and oxygen atoms in total. The fourth-order valence-electron chi connectivity index (χ4n) is 2.40. The second-order valence-corrected chi connectivity index (χ2v) is 7.20. The van der Waals surface area contributed by atoms with E-state index in [0.29, 0.717) is 27.7 Å². The zero-order valence-electron chi connectivity index (χ0n) is 15.1. The average Bonchev–Trinajstić information content (AvgIpc) is 3.17. The smallest absolute Gasteiger partial charge is 0.203 e. The molecule has 0 saturated carbocycles. The first kappa shape index (κ1) is 19.9. The number of thiazole rings is 1. The van der Waals surface area contributed by atoms with E-state index < -0.39 is 0 Å². The van der Waals surface area contributed by atoms with E-state index in [9.17, 15) is 0 Å². The zero-order valence-corrected chi connectivity index (χ0v) is 17.5. The van der Waals surface area contributed by atoms with Crippen molar-refractivity contribution in [2.45, 2.75) is 6.92 Å². The van der Waals surface area contributed by atoms with E-state index in [1.165, 1.54) is 11.3 Å². The first-order chi connectivity index (χ1) is 13.7. The number of aromatic nitrogens is 1. The molecule has 0 amide bonds. The van der Waals surface area contributed by atoms with Crippen LogP contribution in [0.2, 0.25) is 0 Å². The van der Waals surface area contributed by atoms with Crippen LogP contribution in [0.25, 0.3) is 11.3 Å². The molecule has 0 spiro atoms. The van der Waals surface area contributed by atoms with Gasteiger partial charge in [-0.15, -0.1) is 11.3 Å². The van der Waals surface area contributed by atoms with Gasteiger partial charge in [-0.3, -0.25) is 5.43 Å². The Morgan fingerprint density at radius 3 is 2.86 bits per heavy atom. The minimum absolute atomic E-state index is 0.0541. The standard InChI is InChI=1S/C20H17BrN4O2S/c1-2-26-18-11-14(10-16(21)19(18)27-9-8-22)12-23-25-20-24-17(13-28-20)15-6-4-3-5-7-15/h3-7,10-13H,2,9H2,1H3,(H,24,25). The highest BCUT2D eigenvalue weighted by atomic mass is 79.9. The molecular formula is C20H17BrN4O2S. The number of nitrogens with zero attached hydrogens (tertiary/aromatic N) is 3. The number of hydrogen-bond acceptors (Lipinski definition) is 7. The summed E-state index contributed by atoms with van der Waals surface area (Å²) in [5.41, 5.74) is 5.73. The Morgan fingerprint density at radius 1 is 1.29 bits per heavy atom. The van der Waals surface area contributed by atoms with E-state index in [0.717, 1.165) is 16.8 Å². The van der Waals surface area contributed by atoms with Crippen LogP contribution in [-0.2, 0) is 0 Å². The first-order valence-corrected chi connectivity index (χ1v) is 10.1. The summed E-state index contributed by atoms with van der Waals surface area (Å²) in [7, 11) is 0. The van der Waals surface area contributed by atoms with E-state index in [1.54, 1.807) is 6.21 Å². The van der Waals surface area contributed by atoms with Crippen molar-refractivity contribution in [1.29, 1.82) is 5.26 Å². The number of hydrazone groups is 1. The van der Waals surface area contributed by atoms with Crippen molar-refractivity contribution >= 4 is 38.6 Å². The van der Waals surface area contributed by atoms with E-state index in [1.807, 2.05) is 60.8 Å². The monoisotopic (exact) mass is 456 g/mol. The van der Waals surface area contributed by atoms with Gasteiger partial charge in [-0.2, -0.15) is 10.4 Å². The third kappa shape index (κ3) is 5.09. The van der Waals surface area contributed by atoms with Crippen molar-refractivity contribution in [2.75, 3.05) is 18.6 Å². The fourth-order valence-corrected chi connectivity index (χ4v) is 3.64. The summed E-state index contributed by atoms with van der Waals surface area (Å²) in [6.45, 7) is 2.31. The molecule has 1 heterocycles. The van der Waals surface area contributed by atoms with Crippen molar-refractivity contribution in [1.82, 2.24) is 4.98 Å². The molecule has 3 aromatic rings. The number of rotatable bonds is 8. The Kier molecular flexibility index (Phi) is 7.00. The summed E-state index contributed by atoms with van der Waals surface area (Å²) in [5, 5.41) is 15.7. The Labute approximate surface area is 175 Å². The molecule has 0 aliphatic carbocycles.